The molecule has 4 rings (SSSR count). The van der Waals surface area contributed by atoms with Gasteiger partial charge in [-0.1, -0.05) is 30.3 Å². The fraction of sp³-hybridized carbons (Fsp3) is 0.190. The fourth-order valence-electron chi connectivity index (χ4n) is 3.21. The summed E-state index contributed by atoms with van der Waals surface area (Å²) < 4.78 is 0. The van der Waals surface area contributed by atoms with Crippen LogP contribution in [0.4, 0.5) is 17.3 Å². The Labute approximate surface area is 152 Å². The lowest BCUT2D eigenvalue weighted by Crippen LogP contribution is -2.20. The highest BCUT2D eigenvalue weighted by Gasteiger charge is 2.22. The molecule has 0 saturated heterocycles. The van der Waals surface area contributed by atoms with E-state index in [4.69, 9.17) is 0 Å². The number of aryl methyl sites for hydroxylation is 2. The third-order valence-electron chi connectivity index (χ3n) is 4.65. The molecule has 1 amide bonds. The van der Waals surface area contributed by atoms with Gasteiger partial charge in [-0.3, -0.25) is 4.79 Å². The third kappa shape index (κ3) is 3.04. The van der Waals surface area contributed by atoms with Gasteiger partial charge in [-0.25, -0.2) is 9.97 Å². The molecule has 0 aliphatic carbocycles. The van der Waals surface area contributed by atoms with Crippen LogP contribution in [0.15, 0.2) is 54.7 Å². The first-order valence-electron chi connectivity index (χ1n) is 8.69. The molecule has 2 heterocycles. The predicted octanol–water partition coefficient (Wildman–Crippen LogP) is 4.04. The highest BCUT2D eigenvalue weighted by molar-refractivity contribution is 6.03. The molecule has 5 heteroatoms. The maximum absolute atomic E-state index is 12.7. The van der Waals surface area contributed by atoms with Crippen molar-refractivity contribution in [1.82, 2.24) is 9.97 Å². The van der Waals surface area contributed by atoms with Gasteiger partial charge in [0.05, 0.1) is 0 Å². The van der Waals surface area contributed by atoms with Gasteiger partial charge in [0.1, 0.15) is 5.69 Å². The fourth-order valence-corrected chi connectivity index (χ4v) is 3.21. The third-order valence-corrected chi connectivity index (χ3v) is 4.65. The number of hydrogen-bond donors (Lipinski definition) is 1. The zero-order valence-electron chi connectivity index (χ0n) is 14.9. The van der Waals surface area contributed by atoms with Gasteiger partial charge < -0.3 is 10.2 Å². The summed E-state index contributed by atoms with van der Waals surface area (Å²) in [6, 6.07) is 15.9. The maximum Gasteiger partial charge on any atom is 0.274 e. The van der Waals surface area contributed by atoms with E-state index in [1.807, 2.05) is 44.2 Å². The molecule has 0 spiro atoms. The van der Waals surface area contributed by atoms with E-state index in [1.165, 1.54) is 5.56 Å². The molecule has 1 aliphatic heterocycles. The minimum atomic E-state index is -0.227. The van der Waals surface area contributed by atoms with Crippen LogP contribution in [0.2, 0.25) is 0 Å². The highest BCUT2D eigenvalue weighted by atomic mass is 16.1. The van der Waals surface area contributed by atoms with Crippen LogP contribution in [0, 0.1) is 13.8 Å². The van der Waals surface area contributed by atoms with Crippen LogP contribution < -0.4 is 10.2 Å². The SMILES string of the molecule is Cc1ccc(C)c(NC(=O)c2ccnc(N3CCc4ccccc43)n2)c1. The molecule has 0 unspecified atom stereocenters. The minimum Gasteiger partial charge on any atom is -0.320 e. The van der Waals surface area contributed by atoms with Gasteiger partial charge in [-0.15, -0.1) is 0 Å². The number of anilines is 3. The monoisotopic (exact) mass is 344 g/mol. The summed E-state index contributed by atoms with van der Waals surface area (Å²) in [4.78, 5) is 23.6. The van der Waals surface area contributed by atoms with Crippen molar-refractivity contribution in [2.45, 2.75) is 20.3 Å². The smallest absolute Gasteiger partial charge is 0.274 e. The molecule has 0 saturated carbocycles. The van der Waals surface area contributed by atoms with Crippen molar-refractivity contribution in [2.75, 3.05) is 16.8 Å². The van der Waals surface area contributed by atoms with Crippen LogP contribution in [0.25, 0.3) is 0 Å². The van der Waals surface area contributed by atoms with Crippen molar-refractivity contribution < 1.29 is 4.79 Å². The van der Waals surface area contributed by atoms with Crippen molar-refractivity contribution in [2.24, 2.45) is 0 Å². The second kappa shape index (κ2) is 6.59. The number of nitrogens with zero attached hydrogens (tertiary/aromatic N) is 3. The number of benzene rings is 2. The zero-order valence-corrected chi connectivity index (χ0v) is 14.9. The first-order valence-corrected chi connectivity index (χ1v) is 8.69. The van der Waals surface area contributed by atoms with Crippen LogP contribution in [-0.4, -0.2) is 22.4 Å². The van der Waals surface area contributed by atoms with Gasteiger partial charge >= 0.3 is 0 Å². The van der Waals surface area contributed by atoms with Gasteiger partial charge in [-0.2, -0.15) is 0 Å². The Bertz CT molecular complexity index is 983. The zero-order chi connectivity index (χ0) is 18.1. The average Bonchev–Trinajstić information content (AvgIpc) is 3.09. The quantitative estimate of drug-likeness (QED) is 0.779. The Hall–Kier alpha value is -3.21. The molecular weight excluding hydrogens is 324 g/mol. The molecular formula is C21H20N4O. The van der Waals surface area contributed by atoms with E-state index in [1.54, 1.807) is 12.3 Å². The number of nitrogens with one attached hydrogen (secondary N) is 1. The molecule has 1 aromatic heterocycles. The van der Waals surface area contributed by atoms with Gasteiger partial charge in [-0.05, 0) is 55.2 Å². The summed E-state index contributed by atoms with van der Waals surface area (Å²) in [7, 11) is 0. The van der Waals surface area contributed by atoms with Crippen molar-refractivity contribution in [1.29, 1.82) is 0 Å². The van der Waals surface area contributed by atoms with Gasteiger partial charge in [0.15, 0.2) is 0 Å². The summed E-state index contributed by atoms with van der Waals surface area (Å²) in [6.07, 6.45) is 2.60. The molecule has 0 bridgehead atoms. The molecule has 3 aromatic rings. The molecule has 2 aromatic carbocycles. The van der Waals surface area contributed by atoms with Crippen molar-refractivity contribution in [3.8, 4) is 0 Å². The average molecular weight is 344 g/mol. The lowest BCUT2D eigenvalue weighted by atomic mass is 10.1. The number of aromatic nitrogens is 2. The number of rotatable bonds is 3. The molecule has 0 atom stereocenters. The molecule has 26 heavy (non-hydrogen) atoms. The molecule has 0 fully saturated rings. The maximum atomic E-state index is 12.7. The Balaban J connectivity index is 1.60. The van der Waals surface area contributed by atoms with Crippen LogP contribution >= 0.6 is 0 Å². The van der Waals surface area contributed by atoms with Gasteiger partial charge in [0, 0.05) is 24.1 Å². The van der Waals surface area contributed by atoms with E-state index in [2.05, 4.69) is 32.3 Å². The summed E-state index contributed by atoms with van der Waals surface area (Å²) >= 11 is 0. The molecule has 0 radical (unpaired) electrons. The number of carbonyl (C=O) groups excluding carboxylic acids is 1. The lowest BCUT2D eigenvalue weighted by molar-refractivity contribution is 0.102. The molecule has 1 aliphatic rings. The molecule has 130 valence electrons. The second-order valence-corrected chi connectivity index (χ2v) is 6.54. The van der Waals surface area contributed by atoms with E-state index < -0.39 is 0 Å². The topological polar surface area (TPSA) is 58.1 Å². The Morgan fingerprint density at radius 2 is 1.96 bits per heavy atom. The van der Waals surface area contributed by atoms with Crippen LogP contribution in [0.1, 0.15) is 27.2 Å². The number of hydrogen-bond acceptors (Lipinski definition) is 4. The van der Waals surface area contributed by atoms with Crippen LogP contribution in [0.5, 0.6) is 0 Å². The van der Waals surface area contributed by atoms with Gasteiger partial charge in [0.25, 0.3) is 5.91 Å². The van der Waals surface area contributed by atoms with Gasteiger partial charge in [0.2, 0.25) is 5.95 Å². The van der Waals surface area contributed by atoms with E-state index in [0.29, 0.717) is 11.6 Å². The second-order valence-electron chi connectivity index (χ2n) is 6.54. The van der Waals surface area contributed by atoms with E-state index in [-0.39, 0.29) is 5.91 Å². The van der Waals surface area contributed by atoms with Crippen molar-refractivity contribution in [3.63, 3.8) is 0 Å². The highest BCUT2D eigenvalue weighted by Crippen LogP contribution is 2.32. The number of fused-ring (bicyclic) bond motifs is 1. The number of amides is 1. The summed E-state index contributed by atoms with van der Waals surface area (Å²) in [5.41, 5.74) is 5.68. The standard InChI is InChI=1S/C21H20N4O/c1-14-7-8-15(2)18(13-14)23-20(26)17-9-11-22-21(24-17)25-12-10-16-5-3-4-6-19(16)25/h3-9,11,13H,10,12H2,1-2H3,(H,23,26). The summed E-state index contributed by atoms with van der Waals surface area (Å²) in [5.74, 6) is 0.332. The van der Waals surface area contributed by atoms with Crippen molar-refractivity contribution in [3.05, 3.63) is 77.1 Å². The first-order chi connectivity index (χ1) is 12.6. The summed E-state index contributed by atoms with van der Waals surface area (Å²) in [5, 5.41) is 2.96. The predicted molar refractivity (Wildman–Crippen MR) is 103 cm³/mol. The van der Waals surface area contributed by atoms with E-state index in [9.17, 15) is 4.79 Å². The molecule has 5 nitrogen and oxygen atoms in total. The summed E-state index contributed by atoms with van der Waals surface area (Å²) in [6.45, 7) is 4.80. The number of carbonyl (C=O) groups is 1. The van der Waals surface area contributed by atoms with Crippen LogP contribution in [0.3, 0.4) is 0 Å². The minimum absolute atomic E-state index is 0.227. The molecule has 1 N–H and O–H groups in total. The number of para-hydroxylation sites is 1. The van der Waals surface area contributed by atoms with E-state index >= 15 is 0 Å². The van der Waals surface area contributed by atoms with E-state index in [0.717, 1.165) is 35.5 Å². The largest absolute Gasteiger partial charge is 0.320 e. The van der Waals surface area contributed by atoms with Crippen molar-refractivity contribution >= 4 is 23.2 Å². The normalized spacial score (nSPS) is 12.8. The lowest BCUT2D eigenvalue weighted by Gasteiger charge is -2.17. The Morgan fingerprint density at radius 1 is 1.12 bits per heavy atom. The Kier molecular flexibility index (Phi) is 4.13. The Morgan fingerprint density at radius 3 is 2.85 bits per heavy atom. The first kappa shape index (κ1) is 16.3. The van der Waals surface area contributed by atoms with Crippen LogP contribution in [-0.2, 0) is 6.42 Å².